The summed E-state index contributed by atoms with van der Waals surface area (Å²) in [5, 5.41) is 3.37. The molecular formula is C11H19NO. The predicted octanol–water partition coefficient (Wildman–Crippen LogP) is 3.52. The van der Waals surface area contributed by atoms with Crippen LogP contribution in [0, 0.1) is 16.7 Å². The standard InChI is InChI=1S/C11H19NO/c1-8(2)11(12-13)6-5-9(3)10(4)7-11/h8,10H,3,5-7H2,1-2,4H3. The Kier molecular flexibility index (Phi) is 2.89. The molecule has 0 N–H and O–H groups in total. The second kappa shape index (κ2) is 3.60. The van der Waals surface area contributed by atoms with Gasteiger partial charge in [0.15, 0.2) is 0 Å². The highest BCUT2D eigenvalue weighted by atomic mass is 16.3. The summed E-state index contributed by atoms with van der Waals surface area (Å²) >= 11 is 0. The Balaban J connectivity index is 2.80. The fraction of sp³-hybridized carbons (Fsp3) is 0.818. The molecule has 0 aromatic carbocycles. The summed E-state index contributed by atoms with van der Waals surface area (Å²) in [7, 11) is 0. The van der Waals surface area contributed by atoms with E-state index in [-0.39, 0.29) is 5.54 Å². The maximum atomic E-state index is 10.9. The van der Waals surface area contributed by atoms with E-state index < -0.39 is 0 Å². The van der Waals surface area contributed by atoms with Gasteiger partial charge in [0, 0.05) is 0 Å². The Labute approximate surface area is 80.4 Å². The summed E-state index contributed by atoms with van der Waals surface area (Å²) in [6.07, 6.45) is 2.73. The molecule has 2 heteroatoms. The molecule has 1 saturated carbocycles. The molecule has 13 heavy (non-hydrogen) atoms. The van der Waals surface area contributed by atoms with Crippen molar-refractivity contribution in [1.82, 2.24) is 0 Å². The van der Waals surface area contributed by atoms with Crippen molar-refractivity contribution in [3.8, 4) is 0 Å². The van der Waals surface area contributed by atoms with Crippen molar-refractivity contribution in [1.29, 1.82) is 0 Å². The molecule has 0 aromatic rings. The molecule has 1 aliphatic carbocycles. The van der Waals surface area contributed by atoms with Gasteiger partial charge in [-0.15, -0.1) is 0 Å². The molecule has 0 bridgehead atoms. The fourth-order valence-electron chi connectivity index (χ4n) is 2.11. The molecule has 2 nitrogen and oxygen atoms in total. The molecule has 0 amide bonds. The number of allylic oxidation sites excluding steroid dienone is 1. The SMILES string of the molecule is C=C1CCC(N=O)(C(C)C)CC1C. The molecule has 1 fully saturated rings. The van der Waals surface area contributed by atoms with Crippen molar-refractivity contribution in [2.45, 2.75) is 45.6 Å². The number of nitrogens with zero attached hydrogens (tertiary/aromatic N) is 1. The van der Waals surface area contributed by atoms with Crippen molar-refractivity contribution in [2.75, 3.05) is 0 Å². The maximum absolute atomic E-state index is 10.9. The van der Waals surface area contributed by atoms with Crippen LogP contribution in [0.2, 0.25) is 0 Å². The van der Waals surface area contributed by atoms with Crippen LogP contribution in [0.25, 0.3) is 0 Å². The van der Waals surface area contributed by atoms with Crippen LogP contribution >= 0.6 is 0 Å². The number of hydrogen-bond acceptors (Lipinski definition) is 2. The lowest BCUT2D eigenvalue weighted by molar-refractivity contribution is 0.215. The van der Waals surface area contributed by atoms with Gasteiger partial charge < -0.3 is 0 Å². The zero-order chi connectivity index (χ0) is 10.1. The quantitative estimate of drug-likeness (QED) is 0.473. The van der Waals surface area contributed by atoms with E-state index in [1.165, 1.54) is 5.57 Å². The molecule has 0 heterocycles. The predicted molar refractivity (Wildman–Crippen MR) is 55.5 cm³/mol. The summed E-state index contributed by atoms with van der Waals surface area (Å²) in [5.41, 5.74) is 0.959. The van der Waals surface area contributed by atoms with Gasteiger partial charge in [0.2, 0.25) is 0 Å². The minimum atomic E-state index is -0.319. The fourth-order valence-corrected chi connectivity index (χ4v) is 2.11. The van der Waals surface area contributed by atoms with Crippen LogP contribution in [-0.4, -0.2) is 5.54 Å². The summed E-state index contributed by atoms with van der Waals surface area (Å²) < 4.78 is 0. The van der Waals surface area contributed by atoms with E-state index in [0.717, 1.165) is 19.3 Å². The molecule has 2 unspecified atom stereocenters. The first-order valence-electron chi connectivity index (χ1n) is 5.04. The first kappa shape index (κ1) is 10.4. The Morgan fingerprint density at radius 2 is 2.23 bits per heavy atom. The van der Waals surface area contributed by atoms with Gasteiger partial charge in [-0.2, -0.15) is 4.91 Å². The first-order chi connectivity index (χ1) is 6.02. The van der Waals surface area contributed by atoms with Gasteiger partial charge in [0.05, 0.1) is 0 Å². The third-order valence-corrected chi connectivity index (χ3v) is 3.49. The normalized spacial score (nSPS) is 35.1. The van der Waals surface area contributed by atoms with E-state index >= 15 is 0 Å². The molecule has 0 spiro atoms. The molecular weight excluding hydrogens is 162 g/mol. The minimum Gasteiger partial charge on any atom is -0.150 e. The van der Waals surface area contributed by atoms with E-state index in [4.69, 9.17) is 0 Å². The molecule has 1 aliphatic rings. The van der Waals surface area contributed by atoms with Crippen LogP contribution in [-0.2, 0) is 0 Å². The van der Waals surface area contributed by atoms with Gasteiger partial charge in [-0.1, -0.05) is 38.1 Å². The number of rotatable bonds is 2. The zero-order valence-corrected chi connectivity index (χ0v) is 8.84. The molecule has 0 radical (unpaired) electrons. The molecule has 74 valence electrons. The monoisotopic (exact) mass is 181 g/mol. The maximum Gasteiger partial charge on any atom is 0.106 e. The molecule has 0 aliphatic heterocycles. The Morgan fingerprint density at radius 1 is 1.62 bits per heavy atom. The van der Waals surface area contributed by atoms with Crippen molar-refractivity contribution >= 4 is 0 Å². The summed E-state index contributed by atoms with van der Waals surface area (Å²) in [4.78, 5) is 10.9. The highest BCUT2D eigenvalue weighted by Crippen LogP contribution is 2.42. The lowest BCUT2D eigenvalue weighted by Gasteiger charge is -2.38. The van der Waals surface area contributed by atoms with Gasteiger partial charge in [-0.3, -0.25) is 0 Å². The van der Waals surface area contributed by atoms with Crippen LogP contribution in [0.1, 0.15) is 40.0 Å². The third-order valence-electron chi connectivity index (χ3n) is 3.49. The van der Waals surface area contributed by atoms with Gasteiger partial charge in [0.25, 0.3) is 0 Å². The van der Waals surface area contributed by atoms with Crippen LogP contribution in [0.3, 0.4) is 0 Å². The molecule has 2 atom stereocenters. The van der Waals surface area contributed by atoms with E-state index in [9.17, 15) is 4.91 Å². The molecule has 1 rings (SSSR count). The highest BCUT2D eigenvalue weighted by molar-refractivity contribution is 5.10. The van der Waals surface area contributed by atoms with E-state index in [2.05, 4.69) is 32.5 Å². The van der Waals surface area contributed by atoms with Crippen molar-refractivity contribution in [3.63, 3.8) is 0 Å². The third kappa shape index (κ3) is 1.82. The highest BCUT2D eigenvalue weighted by Gasteiger charge is 2.40. The zero-order valence-electron chi connectivity index (χ0n) is 8.84. The van der Waals surface area contributed by atoms with Crippen LogP contribution in [0.15, 0.2) is 17.3 Å². The average Bonchev–Trinajstić information content (AvgIpc) is 2.09. The average molecular weight is 181 g/mol. The summed E-state index contributed by atoms with van der Waals surface area (Å²) in [6, 6.07) is 0. The second-order valence-electron chi connectivity index (χ2n) is 4.61. The minimum absolute atomic E-state index is 0.319. The Hall–Kier alpha value is -0.660. The number of nitroso groups, excluding NO2 is 1. The van der Waals surface area contributed by atoms with Crippen molar-refractivity contribution in [3.05, 3.63) is 17.1 Å². The Bertz CT molecular complexity index is 222. The summed E-state index contributed by atoms with van der Waals surface area (Å²) in [5.74, 6) is 0.800. The number of hydrogen-bond donors (Lipinski definition) is 0. The summed E-state index contributed by atoms with van der Waals surface area (Å²) in [6.45, 7) is 10.3. The Morgan fingerprint density at radius 3 is 2.62 bits per heavy atom. The van der Waals surface area contributed by atoms with Crippen LogP contribution < -0.4 is 0 Å². The molecule has 0 saturated heterocycles. The lowest BCUT2D eigenvalue weighted by atomic mass is 9.69. The smallest absolute Gasteiger partial charge is 0.106 e. The van der Waals surface area contributed by atoms with Gasteiger partial charge in [0.1, 0.15) is 5.54 Å². The largest absolute Gasteiger partial charge is 0.150 e. The van der Waals surface area contributed by atoms with Gasteiger partial charge in [-0.25, -0.2) is 0 Å². The van der Waals surface area contributed by atoms with Crippen molar-refractivity contribution < 1.29 is 0 Å². The second-order valence-corrected chi connectivity index (χ2v) is 4.61. The topological polar surface area (TPSA) is 29.4 Å². The molecule has 0 aromatic heterocycles. The van der Waals surface area contributed by atoms with E-state index in [0.29, 0.717) is 11.8 Å². The lowest BCUT2D eigenvalue weighted by Crippen LogP contribution is -2.38. The van der Waals surface area contributed by atoms with Crippen LogP contribution in [0.4, 0.5) is 0 Å². The van der Waals surface area contributed by atoms with E-state index in [1.807, 2.05) is 0 Å². The van der Waals surface area contributed by atoms with E-state index in [1.54, 1.807) is 0 Å². The van der Waals surface area contributed by atoms with Gasteiger partial charge in [-0.05, 0) is 31.1 Å². The van der Waals surface area contributed by atoms with Gasteiger partial charge >= 0.3 is 0 Å². The van der Waals surface area contributed by atoms with Crippen molar-refractivity contribution in [2.24, 2.45) is 17.0 Å². The first-order valence-corrected chi connectivity index (χ1v) is 5.04. The van der Waals surface area contributed by atoms with Crippen LogP contribution in [0.5, 0.6) is 0 Å².